The van der Waals surface area contributed by atoms with Crippen LogP contribution in [0.25, 0.3) is 11.0 Å². The molecule has 6 heteroatoms. The number of aromatic nitrogens is 2. The van der Waals surface area contributed by atoms with E-state index in [-0.39, 0.29) is 5.82 Å². The molecule has 1 amide bonds. The molecule has 0 spiro atoms. The average molecular weight is 366 g/mol. The second kappa shape index (κ2) is 7.48. The molecule has 0 unspecified atom stereocenters. The number of para-hydroxylation sites is 1. The Kier molecular flexibility index (Phi) is 4.90. The number of halogens is 1. The van der Waals surface area contributed by atoms with Gasteiger partial charge in [0, 0.05) is 12.5 Å². The van der Waals surface area contributed by atoms with Gasteiger partial charge in [0.25, 0.3) is 5.91 Å². The normalized spacial score (nSPS) is 16.0. The van der Waals surface area contributed by atoms with Crippen LogP contribution < -0.4 is 5.73 Å². The lowest BCUT2D eigenvalue weighted by Gasteiger charge is -2.31. The van der Waals surface area contributed by atoms with E-state index >= 15 is 0 Å². The average Bonchev–Trinajstić information content (AvgIpc) is 3.12. The van der Waals surface area contributed by atoms with Gasteiger partial charge in [0.15, 0.2) is 0 Å². The largest absolute Gasteiger partial charge is 0.366 e. The van der Waals surface area contributed by atoms with Crippen molar-refractivity contribution < 1.29 is 9.18 Å². The van der Waals surface area contributed by atoms with E-state index in [1.807, 2.05) is 24.3 Å². The molecule has 3 N–H and O–H groups in total. The summed E-state index contributed by atoms with van der Waals surface area (Å²) in [6, 6.07) is 12.2. The Balaban J connectivity index is 1.37. The summed E-state index contributed by atoms with van der Waals surface area (Å²) in [7, 11) is 0. The number of carbonyl (C=O) groups excluding carboxylic acids is 1. The summed E-state index contributed by atoms with van der Waals surface area (Å²) in [5.41, 5.74) is 8.61. The Morgan fingerprint density at radius 2 is 1.93 bits per heavy atom. The lowest BCUT2D eigenvalue weighted by molar-refractivity contribution is 0.100. The number of amides is 1. The fraction of sp³-hybridized carbons (Fsp3) is 0.333. The van der Waals surface area contributed by atoms with Crippen LogP contribution in [0.4, 0.5) is 4.39 Å². The third kappa shape index (κ3) is 3.85. The molecule has 1 aliphatic rings. The van der Waals surface area contributed by atoms with Crippen molar-refractivity contribution in [3.63, 3.8) is 0 Å². The highest BCUT2D eigenvalue weighted by Crippen LogP contribution is 2.28. The molecule has 5 nitrogen and oxygen atoms in total. The Labute approximate surface area is 157 Å². The van der Waals surface area contributed by atoms with Gasteiger partial charge >= 0.3 is 0 Å². The molecule has 1 aliphatic heterocycles. The van der Waals surface area contributed by atoms with E-state index in [2.05, 4.69) is 14.9 Å². The van der Waals surface area contributed by atoms with Gasteiger partial charge in [-0.1, -0.05) is 18.2 Å². The maximum atomic E-state index is 13.0. The van der Waals surface area contributed by atoms with Crippen molar-refractivity contribution in [2.75, 3.05) is 19.6 Å². The van der Waals surface area contributed by atoms with Crippen molar-refractivity contribution in [2.45, 2.75) is 25.2 Å². The zero-order chi connectivity index (χ0) is 18.8. The van der Waals surface area contributed by atoms with Crippen LogP contribution in [0.15, 0.2) is 42.5 Å². The molecule has 140 valence electrons. The van der Waals surface area contributed by atoms with Crippen LogP contribution >= 0.6 is 0 Å². The highest BCUT2D eigenvalue weighted by molar-refractivity contribution is 6.04. The first-order valence-electron chi connectivity index (χ1n) is 9.35. The van der Waals surface area contributed by atoms with E-state index in [0.29, 0.717) is 17.0 Å². The van der Waals surface area contributed by atoms with Crippen molar-refractivity contribution in [1.82, 2.24) is 14.9 Å². The van der Waals surface area contributed by atoms with E-state index in [4.69, 9.17) is 5.73 Å². The van der Waals surface area contributed by atoms with Gasteiger partial charge < -0.3 is 15.6 Å². The molecular weight excluding hydrogens is 343 g/mol. The van der Waals surface area contributed by atoms with Gasteiger partial charge in [0.05, 0.1) is 11.1 Å². The molecule has 0 saturated carbocycles. The highest BCUT2D eigenvalue weighted by atomic mass is 19.1. The summed E-state index contributed by atoms with van der Waals surface area (Å²) < 4.78 is 13.0. The summed E-state index contributed by atoms with van der Waals surface area (Å²) >= 11 is 0. The van der Waals surface area contributed by atoms with Crippen LogP contribution in [-0.4, -0.2) is 40.4 Å². The van der Waals surface area contributed by atoms with Gasteiger partial charge in [0.1, 0.15) is 17.2 Å². The molecule has 0 atom stereocenters. The number of nitrogens with zero attached hydrogens (tertiary/aromatic N) is 2. The molecule has 1 saturated heterocycles. The zero-order valence-electron chi connectivity index (χ0n) is 15.1. The van der Waals surface area contributed by atoms with E-state index in [1.54, 1.807) is 6.07 Å². The van der Waals surface area contributed by atoms with Crippen molar-refractivity contribution in [2.24, 2.45) is 5.73 Å². The van der Waals surface area contributed by atoms with E-state index in [1.165, 1.54) is 12.1 Å². The molecule has 0 aliphatic carbocycles. The minimum absolute atomic E-state index is 0.190. The van der Waals surface area contributed by atoms with E-state index in [9.17, 15) is 9.18 Å². The molecule has 2 heterocycles. The van der Waals surface area contributed by atoms with Crippen molar-refractivity contribution in [3.8, 4) is 0 Å². The standard InChI is InChI=1S/C21H23FN4O/c22-16-6-4-14(5-7-16)8-11-26-12-9-15(10-13-26)21-24-18-3-1-2-17(20(23)27)19(18)25-21/h1-7,15H,8-13H2,(H2,23,27)(H,24,25). The third-order valence-corrected chi connectivity index (χ3v) is 5.40. The number of benzene rings is 2. The van der Waals surface area contributed by atoms with Gasteiger partial charge in [-0.25, -0.2) is 9.37 Å². The van der Waals surface area contributed by atoms with Crippen LogP contribution in [0.1, 0.15) is 40.5 Å². The number of hydrogen-bond acceptors (Lipinski definition) is 3. The Morgan fingerprint density at radius 3 is 2.63 bits per heavy atom. The number of nitrogens with one attached hydrogen (secondary N) is 1. The number of primary amides is 1. The number of hydrogen-bond donors (Lipinski definition) is 2. The topological polar surface area (TPSA) is 75.0 Å². The van der Waals surface area contributed by atoms with Crippen molar-refractivity contribution in [3.05, 3.63) is 65.2 Å². The first-order valence-corrected chi connectivity index (χ1v) is 9.35. The summed E-state index contributed by atoms with van der Waals surface area (Å²) in [6.45, 7) is 2.99. The predicted octanol–water partition coefficient (Wildman–Crippen LogP) is 3.22. The minimum atomic E-state index is -0.450. The van der Waals surface area contributed by atoms with Crippen LogP contribution in [0.5, 0.6) is 0 Å². The number of imidazole rings is 1. The third-order valence-electron chi connectivity index (χ3n) is 5.40. The first-order chi connectivity index (χ1) is 13.1. The number of nitrogens with two attached hydrogens (primary N) is 1. The van der Waals surface area contributed by atoms with E-state index in [0.717, 1.165) is 55.8 Å². The molecule has 27 heavy (non-hydrogen) atoms. The number of H-pyrrole nitrogens is 1. The van der Waals surface area contributed by atoms with Crippen LogP contribution in [0.2, 0.25) is 0 Å². The molecule has 0 radical (unpaired) electrons. The van der Waals surface area contributed by atoms with Gasteiger partial charge in [-0.3, -0.25) is 4.79 Å². The molecule has 2 aromatic carbocycles. The number of piperidine rings is 1. The number of fused-ring (bicyclic) bond motifs is 1. The van der Waals surface area contributed by atoms with Crippen molar-refractivity contribution >= 4 is 16.9 Å². The molecule has 3 aromatic rings. The highest BCUT2D eigenvalue weighted by Gasteiger charge is 2.23. The molecule has 4 rings (SSSR count). The smallest absolute Gasteiger partial charge is 0.250 e. The Morgan fingerprint density at radius 1 is 1.19 bits per heavy atom. The second-order valence-corrected chi connectivity index (χ2v) is 7.18. The minimum Gasteiger partial charge on any atom is -0.366 e. The Hall–Kier alpha value is -2.73. The molecule has 1 fully saturated rings. The summed E-state index contributed by atoms with van der Waals surface area (Å²) in [4.78, 5) is 22.1. The SMILES string of the molecule is NC(=O)c1cccc2[nH]c(C3CCN(CCc4ccc(F)cc4)CC3)nc12. The van der Waals surface area contributed by atoms with Crippen LogP contribution in [0, 0.1) is 5.82 Å². The quantitative estimate of drug-likeness (QED) is 0.728. The van der Waals surface area contributed by atoms with Crippen molar-refractivity contribution in [1.29, 1.82) is 0 Å². The monoisotopic (exact) mass is 366 g/mol. The number of carbonyl (C=O) groups is 1. The lowest BCUT2D eigenvalue weighted by Crippen LogP contribution is -2.34. The molecule has 1 aromatic heterocycles. The van der Waals surface area contributed by atoms with Crippen LogP contribution in [-0.2, 0) is 6.42 Å². The molecule has 0 bridgehead atoms. The number of aromatic amines is 1. The predicted molar refractivity (Wildman–Crippen MR) is 103 cm³/mol. The molecular formula is C21H23FN4O. The maximum absolute atomic E-state index is 13.0. The van der Waals surface area contributed by atoms with Gasteiger partial charge in [-0.2, -0.15) is 0 Å². The fourth-order valence-electron chi connectivity index (χ4n) is 3.81. The number of likely N-dealkylation sites (tertiary alicyclic amines) is 1. The first kappa shape index (κ1) is 17.7. The van der Waals surface area contributed by atoms with Crippen LogP contribution in [0.3, 0.4) is 0 Å². The Bertz CT molecular complexity index is 942. The number of rotatable bonds is 5. The second-order valence-electron chi connectivity index (χ2n) is 7.18. The van der Waals surface area contributed by atoms with Gasteiger partial charge in [-0.05, 0) is 62.2 Å². The van der Waals surface area contributed by atoms with Gasteiger partial charge in [0.2, 0.25) is 0 Å². The van der Waals surface area contributed by atoms with Gasteiger partial charge in [-0.15, -0.1) is 0 Å². The zero-order valence-corrected chi connectivity index (χ0v) is 15.1. The summed E-state index contributed by atoms with van der Waals surface area (Å²) in [5.74, 6) is 0.663. The maximum Gasteiger partial charge on any atom is 0.250 e. The lowest BCUT2D eigenvalue weighted by atomic mass is 9.96. The fourth-order valence-corrected chi connectivity index (χ4v) is 3.81. The summed E-state index contributed by atoms with van der Waals surface area (Å²) in [6.07, 6.45) is 2.97. The summed E-state index contributed by atoms with van der Waals surface area (Å²) in [5, 5.41) is 0. The van der Waals surface area contributed by atoms with E-state index < -0.39 is 5.91 Å².